The molecule has 5 nitrogen and oxygen atoms in total. The van der Waals surface area contributed by atoms with Crippen LogP contribution in [0.1, 0.15) is 57.7 Å². The molecule has 41 heavy (non-hydrogen) atoms. The van der Waals surface area contributed by atoms with Crippen LogP contribution in [0.3, 0.4) is 0 Å². The fourth-order valence-corrected chi connectivity index (χ4v) is 5.18. The number of esters is 1. The van der Waals surface area contributed by atoms with Crippen LogP contribution in [0.25, 0.3) is 16.6 Å². The number of halogens is 1. The molecule has 0 amide bonds. The number of aromatic nitrogens is 1. The van der Waals surface area contributed by atoms with Gasteiger partial charge in [-0.25, -0.2) is 4.39 Å². The lowest BCUT2D eigenvalue weighted by Crippen LogP contribution is -2.32. The smallest absolute Gasteiger partial charge is 0.309 e. The first kappa shape index (κ1) is 28.3. The monoisotopic (exact) mass is 553 g/mol. The number of fused-ring (bicyclic) bond motifs is 1. The van der Waals surface area contributed by atoms with Crippen molar-refractivity contribution in [2.24, 2.45) is 5.92 Å². The summed E-state index contributed by atoms with van der Waals surface area (Å²) < 4.78 is 27.4. The first-order valence-electron chi connectivity index (χ1n) is 14.3. The van der Waals surface area contributed by atoms with E-state index in [9.17, 15) is 14.0 Å². The standard InChI is InChI=1S/C35H36FNO4/c1-4-5-18-40-31-13-9-12-30-29(31)22-32(37(30)28-16-14-27(36)15-17-28)35(2,3)33(38)21-25-19-26(20-25)34(39)41-23-24-10-7-6-8-11-24/h6-17,21-22,26H,4-5,18-20,23H2,1-3H3. The summed E-state index contributed by atoms with van der Waals surface area (Å²) in [5, 5.41) is 0.904. The zero-order valence-corrected chi connectivity index (χ0v) is 23.9. The van der Waals surface area contributed by atoms with Crippen LogP contribution in [-0.4, -0.2) is 22.9 Å². The Hall–Kier alpha value is -4.19. The van der Waals surface area contributed by atoms with Crippen LogP contribution in [0.4, 0.5) is 4.39 Å². The number of ketones is 1. The Balaban J connectivity index is 1.39. The average molecular weight is 554 g/mol. The molecule has 1 aliphatic rings. The lowest BCUT2D eigenvalue weighted by Gasteiger charge is -2.29. The molecule has 0 spiro atoms. The predicted molar refractivity (Wildman–Crippen MR) is 159 cm³/mol. The van der Waals surface area contributed by atoms with Crippen LogP contribution in [-0.2, 0) is 26.3 Å². The minimum atomic E-state index is -0.903. The maximum absolute atomic E-state index is 13.8. The molecule has 6 heteroatoms. The number of carbonyl (C=O) groups excluding carboxylic acids is 2. The number of hydrogen-bond acceptors (Lipinski definition) is 4. The second-order valence-corrected chi connectivity index (χ2v) is 11.2. The average Bonchev–Trinajstić information content (AvgIpc) is 3.36. The number of unbranched alkanes of at least 4 members (excludes halogenated alkanes) is 1. The van der Waals surface area contributed by atoms with Crippen molar-refractivity contribution in [2.45, 2.75) is 58.5 Å². The van der Waals surface area contributed by atoms with Gasteiger partial charge in [-0.2, -0.15) is 0 Å². The zero-order chi connectivity index (χ0) is 29.0. The predicted octanol–water partition coefficient (Wildman–Crippen LogP) is 7.88. The van der Waals surface area contributed by atoms with Crippen molar-refractivity contribution in [3.63, 3.8) is 0 Å². The van der Waals surface area contributed by atoms with Crippen molar-refractivity contribution in [2.75, 3.05) is 6.61 Å². The molecular formula is C35H36FNO4. The van der Waals surface area contributed by atoms with Crippen molar-refractivity contribution in [3.8, 4) is 11.4 Å². The minimum Gasteiger partial charge on any atom is -0.493 e. The molecule has 3 aromatic carbocycles. The Morgan fingerprint density at radius 3 is 2.44 bits per heavy atom. The van der Waals surface area contributed by atoms with Crippen molar-refractivity contribution in [3.05, 3.63) is 108 Å². The lowest BCUT2D eigenvalue weighted by molar-refractivity contribution is -0.151. The summed E-state index contributed by atoms with van der Waals surface area (Å²) in [6.07, 6.45) is 4.70. The lowest BCUT2D eigenvalue weighted by atomic mass is 9.76. The maximum Gasteiger partial charge on any atom is 0.309 e. The summed E-state index contributed by atoms with van der Waals surface area (Å²) in [7, 11) is 0. The van der Waals surface area contributed by atoms with Crippen LogP contribution >= 0.6 is 0 Å². The van der Waals surface area contributed by atoms with Gasteiger partial charge in [-0.3, -0.25) is 9.59 Å². The molecule has 0 atom stereocenters. The molecule has 4 aromatic rings. The number of ether oxygens (including phenoxy) is 2. The molecule has 5 rings (SSSR count). The second kappa shape index (κ2) is 12.1. The highest BCUT2D eigenvalue weighted by atomic mass is 19.1. The molecule has 212 valence electrons. The van der Waals surface area contributed by atoms with Gasteiger partial charge in [0.1, 0.15) is 18.2 Å². The third kappa shape index (κ3) is 6.12. The van der Waals surface area contributed by atoms with Crippen molar-refractivity contribution < 1.29 is 23.5 Å². The molecular weight excluding hydrogens is 517 g/mol. The number of nitrogens with zero attached hydrogens (tertiary/aromatic N) is 1. The normalized spacial score (nSPS) is 14.9. The van der Waals surface area contributed by atoms with E-state index in [2.05, 4.69) is 6.92 Å². The molecule has 1 saturated carbocycles. The van der Waals surface area contributed by atoms with Crippen LogP contribution < -0.4 is 4.74 Å². The Morgan fingerprint density at radius 2 is 1.73 bits per heavy atom. The molecule has 1 aliphatic carbocycles. The quantitative estimate of drug-likeness (QED) is 0.108. The van der Waals surface area contributed by atoms with Gasteiger partial charge in [0, 0.05) is 16.8 Å². The third-order valence-electron chi connectivity index (χ3n) is 7.81. The van der Waals surface area contributed by atoms with Gasteiger partial charge < -0.3 is 14.0 Å². The van der Waals surface area contributed by atoms with Crippen LogP contribution in [0.5, 0.6) is 5.75 Å². The SMILES string of the molecule is CCCCOc1cccc2c1cc(C(C)(C)C(=O)C=C1CC(C(=O)OCc3ccccc3)C1)n2-c1ccc(F)cc1. The van der Waals surface area contributed by atoms with E-state index in [1.54, 1.807) is 18.2 Å². The summed E-state index contributed by atoms with van der Waals surface area (Å²) in [5.74, 6) is -0.0740. The first-order chi connectivity index (χ1) is 19.8. The number of carbonyl (C=O) groups is 2. The number of rotatable bonds is 11. The number of allylic oxidation sites excluding steroid dienone is 2. The van der Waals surface area contributed by atoms with Gasteiger partial charge in [0.05, 0.1) is 23.5 Å². The van der Waals surface area contributed by atoms with Crippen molar-refractivity contribution >= 4 is 22.7 Å². The minimum absolute atomic E-state index is 0.0526. The Morgan fingerprint density at radius 1 is 1.00 bits per heavy atom. The molecule has 0 radical (unpaired) electrons. The molecule has 1 aromatic heterocycles. The summed E-state index contributed by atoms with van der Waals surface area (Å²) in [4.78, 5) is 26.3. The van der Waals surface area contributed by atoms with Gasteiger partial charge in [0.15, 0.2) is 5.78 Å². The molecule has 0 saturated heterocycles. The Labute approximate surface area is 240 Å². The van der Waals surface area contributed by atoms with E-state index in [1.165, 1.54) is 12.1 Å². The van der Waals surface area contributed by atoms with Crippen molar-refractivity contribution in [1.29, 1.82) is 0 Å². The van der Waals surface area contributed by atoms with E-state index in [4.69, 9.17) is 9.47 Å². The molecule has 0 aliphatic heterocycles. The van der Waals surface area contributed by atoms with E-state index in [0.29, 0.717) is 19.4 Å². The fourth-order valence-electron chi connectivity index (χ4n) is 5.18. The molecule has 1 heterocycles. The van der Waals surface area contributed by atoms with Gasteiger partial charge in [-0.05, 0) is 87.2 Å². The van der Waals surface area contributed by atoms with E-state index in [0.717, 1.165) is 52.0 Å². The first-order valence-corrected chi connectivity index (χ1v) is 14.3. The summed E-state index contributed by atoms with van der Waals surface area (Å²) in [6.45, 7) is 6.79. The summed E-state index contributed by atoms with van der Waals surface area (Å²) >= 11 is 0. The highest BCUT2D eigenvalue weighted by molar-refractivity contribution is 6.01. The van der Waals surface area contributed by atoms with Gasteiger partial charge in [-0.1, -0.05) is 55.3 Å². The molecule has 0 bridgehead atoms. The summed E-state index contributed by atoms with van der Waals surface area (Å²) in [6, 6.07) is 23.8. The van der Waals surface area contributed by atoms with E-state index in [-0.39, 0.29) is 30.1 Å². The Bertz CT molecular complexity index is 1560. The van der Waals surface area contributed by atoms with E-state index < -0.39 is 5.41 Å². The van der Waals surface area contributed by atoms with Gasteiger partial charge >= 0.3 is 5.97 Å². The van der Waals surface area contributed by atoms with Crippen molar-refractivity contribution in [1.82, 2.24) is 4.57 Å². The van der Waals surface area contributed by atoms with Gasteiger partial charge in [-0.15, -0.1) is 0 Å². The van der Waals surface area contributed by atoms with Gasteiger partial charge in [0.2, 0.25) is 0 Å². The van der Waals surface area contributed by atoms with Crippen LogP contribution in [0.2, 0.25) is 0 Å². The molecule has 1 fully saturated rings. The number of benzene rings is 3. The molecule has 0 unspecified atom stereocenters. The second-order valence-electron chi connectivity index (χ2n) is 11.2. The fraction of sp³-hybridized carbons (Fsp3) is 0.314. The van der Waals surface area contributed by atoms with Crippen LogP contribution in [0.15, 0.2) is 90.5 Å². The summed E-state index contributed by atoms with van der Waals surface area (Å²) in [5.41, 5.74) is 3.42. The number of hydrogen-bond donors (Lipinski definition) is 0. The van der Waals surface area contributed by atoms with Crippen LogP contribution in [0, 0.1) is 11.7 Å². The molecule has 0 N–H and O–H groups in total. The zero-order valence-electron chi connectivity index (χ0n) is 23.9. The highest BCUT2D eigenvalue weighted by Crippen LogP contribution is 2.39. The van der Waals surface area contributed by atoms with Gasteiger partial charge in [0.25, 0.3) is 0 Å². The maximum atomic E-state index is 13.8. The topological polar surface area (TPSA) is 57.5 Å². The van der Waals surface area contributed by atoms with E-state index >= 15 is 0 Å². The van der Waals surface area contributed by atoms with E-state index in [1.807, 2.05) is 73.0 Å². The Kier molecular flexibility index (Phi) is 8.39. The largest absolute Gasteiger partial charge is 0.493 e. The third-order valence-corrected chi connectivity index (χ3v) is 7.81. The highest BCUT2D eigenvalue weighted by Gasteiger charge is 2.36.